The van der Waals surface area contributed by atoms with E-state index in [0.29, 0.717) is 24.8 Å². The molecule has 0 spiro atoms. The molecule has 5 nitrogen and oxygen atoms in total. The number of rotatable bonds is 6. The summed E-state index contributed by atoms with van der Waals surface area (Å²) in [5.74, 6) is 0. The Kier molecular flexibility index (Phi) is 5.18. The van der Waals surface area contributed by atoms with Crippen LogP contribution in [0.2, 0.25) is 0 Å². The molecule has 0 radical (unpaired) electrons. The van der Waals surface area contributed by atoms with Gasteiger partial charge >= 0.3 is 0 Å². The maximum absolute atomic E-state index is 11.6. The topological polar surface area (TPSA) is 71.5 Å². The van der Waals surface area contributed by atoms with Gasteiger partial charge in [0.1, 0.15) is 0 Å². The van der Waals surface area contributed by atoms with Crippen molar-refractivity contribution in [2.45, 2.75) is 26.4 Å². The molecule has 0 saturated carbocycles. The summed E-state index contributed by atoms with van der Waals surface area (Å²) < 4.78 is 1.60. The van der Waals surface area contributed by atoms with Crippen LogP contribution in [-0.2, 0) is 6.54 Å². The van der Waals surface area contributed by atoms with Crippen molar-refractivity contribution in [3.8, 4) is 0 Å². The number of anilines is 1. The van der Waals surface area contributed by atoms with E-state index < -0.39 is 0 Å². The lowest BCUT2D eigenvalue weighted by Gasteiger charge is -2.25. The molecule has 0 saturated heterocycles. The van der Waals surface area contributed by atoms with Gasteiger partial charge in [0.25, 0.3) is 5.56 Å². The third kappa shape index (κ3) is 4.20. The van der Waals surface area contributed by atoms with E-state index in [4.69, 9.17) is 10.8 Å². The van der Waals surface area contributed by atoms with Crippen molar-refractivity contribution in [1.29, 1.82) is 0 Å². The van der Waals surface area contributed by atoms with Gasteiger partial charge in [-0.1, -0.05) is 0 Å². The molecule has 1 rings (SSSR count). The van der Waals surface area contributed by atoms with Crippen molar-refractivity contribution in [2.24, 2.45) is 0 Å². The zero-order valence-corrected chi connectivity index (χ0v) is 10.5. The van der Waals surface area contributed by atoms with Gasteiger partial charge in [0.2, 0.25) is 0 Å². The third-order valence-corrected chi connectivity index (χ3v) is 2.75. The molecule has 0 atom stereocenters. The van der Waals surface area contributed by atoms with Gasteiger partial charge in [-0.3, -0.25) is 9.69 Å². The van der Waals surface area contributed by atoms with Crippen molar-refractivity contribution in [3.63, 3.8) is 0 Å². The Hall–Kier alpha value is -1.33. The van der Waals surface area contributed by atoms with E-state index in [1.54, 1.807) is 16.8 Å². The standard InChI is InChI=1S/C12H21N3O2/c1-10(2)14(7-8-16)5-6-15-9-11(13)3-4-12(15)17/h3-4,9-10,16H,5-8,13H2,1-2H3. The normalized spacial score (nSPS) is 11.4. The van der Waals surface area contributed by atoms with Gasteiger partial charge in [0.05, 0.1) is 6.61 Å². The molecule has 0 aliphatic carbocycles. The molecule has 0 aromatic carbocycles. The molecule has 0 bridgehead atoms. The summed E-state index contributed by atoms with van der Waals surface area (Å²) in [6.07, 6.45) is 1.65. The van der Waals surface area contributed by atoms with Crippen LogP contribution < -0.4 is 11.3 Å². The first-order valence-corrected chi connectivity index (χ1v) is 5.85. The molecule has 0 fully saturated rings. The van der Waals surface area contributed by atoms with Crippen LogP contribution >= 0.6 is 0 Å². The molecular weight excluding hydrogens is 218 g/mol. The number of pyridine rings is 1. The number of hydrogen-bond acceptors (Lipinski definition) is 4. The first-order valence-electron chi connectivity index (χ1n) is 5.85. The second-order valence-electron chi connectivity index (χ2n) is 4.35. The highest BCUT2D eigenvalue weighted by Crippen LogP contribution is 2.00. The quantitative estimate of drug-likeness (QED) is 0.740. The molecule has 0 aliphatic heterocycles. The van der Waals surface area contributed by atoms with Crippen LogP contribution in [0.1, 0.15) is 13.8 Å². The van der Waals surface area contributed by atoms with E-state index in [-0.39, 0.29) is 12.2 Å². The van der Waals surface area contributed by atoms with Gasteiger partial charge < -0.3 is 15.4 Å². The van der Waals surface area contributed by atoms with E-state index in [0.717, 1.165) is 6.54 Å². The summed E-state index contributed by atoms with van der Waals surface area (Å²) in [6.45, 7) is 6.19. The molecule has 0 aliphatic rings. The van der Waals surface area contributed by atoms with Crippen molar-refractivity contribution >= 4 is 5.69 Å². The molecule has 0 unspecified atom stereocenters. The van der Waals surface area contributed by atoms with Gasteiger partial charge in [0.15, 0.2) is 0 Å². The Bertz CT molecular complexity index is 401. The smallest absolute Gasteiger partial charge is 0.250 e. The number of hydrogen-bond donors (Lipinski definition) is 2. The number of aromatic nitrogens is 1. The fourth-order valence-corrected chi connectivity index (χ4v) is 1.72. The maximum Gasteiger partial charge on any atom is 0.250 e. The monoisotopic (exact) mass is 239 g/mol. The Morgan fingerprint density at radius 2 is 2.12 bits per heavy atom. The minimum Gasteiger partial charge on any atom is -0.398 e. The molecule has 0 amide bonds. The lowest BCUT2D eigenvalue weighted by atomic mass is 10.3. The largest absolute Gasteiger partial charge is 0.398 e. The fourth-order valence-electron chi connectivity index (χ4n) is 1.72. The average Bonchev–Trinajstić information content (AvgIpc) is 2.28. The molecular formula is C12H21N3O2. The summed E-state index contributed by atoms with van der Waals surface area (Å²) in [7, 11) is 0. The average molecular weight is 239 g/mol. The minimum atomic E-state index is -0.0492. The first-order chi connectivity index (χ1) is 8.04. The SMILES string of the molecule is CC(C)N(CCO)CCn1cc(N)ccc1=O. The van der Waals surface area contributed by atoms with E-state index in [1.165, 1.54) is 6.07 Å². The summed E-state index contributed by atoms with van der Waals surface area (Å²) in [6, 6.07) is 3.42. The number of aliphatic hydroxyl groups excluding tert-OH is 1. The van der Waals surface area contributed by atoms with Crippen LogP contribution in [-0.4, -0.2) is 40.3 Å². The van der Waals surface area contributed by atoms with Gasteiger partial charge in [0, 0.05) is 43.6 Å². The van der Waals surface area contributed by atoms with Crippen LogP contribution in [0.3, 0.4) is 0 Å². The number of aliphatic hydroxyl groups is 1. The summed E-state index contributed by atoms with van der Waals surface area (Å²) in [5, 5.41) is 8.95. The first kappa shape index (κ1) is 13.7. The van der Waals surface area contributed by atoms with E-state index in [1.807, 2.05) is 0 Å². The molecule has 1 heterocycles. The predicted molar refractivity (Wildman–Crippen MR) is 68.9 cm³/mol. The third-order valence-electron chi connectivity index (χ3n) is 2.75. The van der Waals surface area contributed by atoms with Crippen LogP contribution in [0.15, 0.2) is 23.1 Å². The van der Waals surface area contributed by atoms with Gasteiger partial charge in [-0.05, 0) is 19.9 Å². The second-order valence-corrected chi connectivity index (χ2v) is 4.35. The van der Waals surface area contributed by atoms with E-state index in [2.05, 4.69) is 18.7 Å². The van der Waals surface area contributed by atoms with Crippen LogP contribution in [0.4, 0.5) is 5.69 Å². The Morgan fingerprint density at radius 3 is 2.71 bits per heavy atom. The Morgan fingerprint density at radius 1 is 1.41 bits per heavy atom. The second kappa shape index (κ2) is 6.42. The summed E-state index contributed by atoms with van der Waals surface area (Å²) >= 11 is 0. The zero-order chi connectivity index (χ0) is 12.8. The van der Waals surface area contributed by atoms with Crippen LogP contribution in [0.25, 0.3) is 0 Å². The molecule has 5 heteroatoms. The predicted octanol–water partition coefficient (Wildman–Crippen LogP) is 0.133. The van der Waals surface area contributed by atoms with Gasteiger partial charge in [-0.2, -0.15) is 0 Å². The zero-order valence-electron chi connectivity index (χ0n) is 10.5. The Balaban J connectivity index is 2.65. The highest BCUT2D eigenvalue weighted by molar-refractivity contribution is 5.33. The maximum atomic E-state index is 11.6. The molecule has 96 valence electrons. The molecule has 3 N–H and O–H groups in total. The van der Waals surface area contributed by atoms with Crippen molar-refractivity contribution in [1.82, 2.24) is 9.47 Å². The van der Waals surface area contributed by atoms with Crippen molar-refractivity contribution < 1.29 is 5.11 Å². The van der Waals surface area contributed by atoms with Gasteiger partial charge in [-0.25, -0.2) is 0 Å². The summed E-state index contributed by atoms with van der Waals surface area (Å²) in [5.41, 5.74) is 6.18. The minimum absolute atomic E-state index is 0.0492. The van der Waals surface area contributed by atoms with Crippen LogP contribution in [0, 0.1) is 0 Å². The molecule has 1 aromatic heterocycles. The number of nitrogens with two attached hydrogens (primary N) is 1. The molecule has 1 aromatic rings. The number of nitrogens with zero attached hydrogens (tertiary/aromatic N) is 2. The van der Waals surface area contributed by atoms with Crippen molar-refractivity contribution in [2.75, 3.05) is 25.4 Å². The number of nitrogen functional groups attached to an aromatic ring is 1. The van der Waals surface area contributed by atoms with E-state index in [9.17, 15) is 4.79 Å². The lowest BCUT2D eigenvalue weighted by molar-refractivity contribution is 0.161. The van der Waals surface area contributed by atoms with Crippen LogP contribution in [0.5, 0.6) is 0 Å². The van der Waals surface area contributed by atoms with E-state index >= 15 is 0 Å². The lowest BCUT2D eigenvalue weighted by Crippen LogP contribution is -2.37. The van der Waals surface area contributed by atoms with Crippen molar-refractivity contribution in [3.05, 3.63) is 28.7 Å². The highest BCUT2D eigenvalue weighted by atomic mass is 16.3. The highest BCUT2D eigenvalue weighted by Gasteiger charge is 2.08. The molecule has 17 heavy (non-hydrogen) atoms. The fraction of sp³-hybridized carbons (Fsp3) is 0.583. The van der Waals surface area contributed by atoms with Gasteiger partial charge in [-0.15, -0.1) is 0 Å². The Labute approximate surface area is 101 Å². The summed E-state index contributed by atoms with van der Waals surface area (Å²) in [4.78, 5) is 13.7.